The molecule has 0 fully saturated rings. The molecule has 27 heavy (non-hydrogen) atoms. The lowest BCUT2D eigenvalue weighted by molar-refractivity contribution is -0.139. The number of nitrogens with zero attached hydrogens (tertiary/aromatic N) is 1. The van der Waals surface area contributed by atoms with E-state index in [2.05, 4.69) is 15.8 Å². The molecule has 0 radical (unpaired) electrons. The van der Waals surface area contributed by atoms with Gasteiger partial charge in [0.05, 0.1) is 12.8 Å². The number of hydrogen-bond donors (Lipinski definition) is 2. The molecule has 0 aromatic heterocycles. The summed E-state index contributed by atoms with van der Waals surface area (Å²) in [6.45, 7) is 3.03. The van der Waals surface area contributed by atoms with Crippen molar-refractivity contribution in [2.45, 2.75) is 13.5 Å². The van der Waals surface area contributed by atoms with Crippen LogP contribution in [0.3, 0.4) is 0 Å². The van der Waals surface area contributed by atoms with E-state index < -0.39 is 11.8 Å². The van der Waals surface area contributed by atoms with Gasteiger partial charge in [-0.15, -0.1) is 0 Å². The number of hydrogen-bond acceptors (Lipinski definition) is 5. The van der Waals surface area contributed by atoms with Crippen LogP contribution >= 0.6 is 0 Å². The molecule has 0 saturated carbocycles. The number of methoxy groups -OCH3 is 1. The van der Waals surface area contributed by atoms with Gasteiger partial charge >= 0.3 is 11.8 Å². The van der Waals surface area contributed by atoms with Gasteiger partial charge < -0.3 is 14.8 Å². The number of rotatable bonds is 8. The van der Waals surface area contributed by atoms with Crippen LogP contribution in [-0.2, 0) is 20.9 Å². The first-order valence-corrected chi connectivity index (χ1v) is 8.47. The molecule has 0 aliphatic carbocycles. The molecule has 0 spiro atoms. The Bertz CT molecular complexity index is 788. The summed E-state index contributed by atoms with van der Waals surface area (Å²) >= 11 is 0. The minimum atomic E-state index is -0.847. The van der Waals surface area contributed by atoms with Crippen molar-refractivity contribution >= 4 is 18.0 Å². The highest BCUT2D eigenvalue weighted by molar-refractivity contribution is 6.35. The van der Waals surface area contributed by atoms with Gasteiger partial charge in [0.15, 0.2) is 0 Å². The van der Waals surface area contributed by atoms with E-state index in [4.69, 9.17) is 9.47 Å². The van der Waals surface area contributed by atoms with Gasteiger partial charge in [-0.1, -0.05) is 42.0 Å². The Morgan fingerprint density at radius 2 is 1.81 bits per heavy atom. The summed E-state index contributed by atoms with van der Waals surface area (Å²) in [5.74, 6) is -0.992. The molecule has 2 N–H and O–H groups in total. The summed E-state index contributed by atoms with van der Waals surface area (Å²) in [7, 11) is 1.51. The fourth-order valence-electron chi connectivity index (χ4n) is 2.12. The minimum absolute atomic E-state index is 0.252. The minimum Gasteiger partial charge on any atom is -0.488 e. The first kappa shape index (κ1) is 20.1. The van der Waals surface area contributed by atoms with Crippen LogP contribution in [0, 0.1) is 6.92 Å². The first-order chi connectivity index (χ1) is 13.1. The van der Waals surface area contributed by atoms with Gasteiger partial charge in [0.25, 0.3) is 0 Å². The maximum Gasteiger partial charge on any atom is 0.329 e. The summed E-state index contributed by atoms with van der Waals surface area (Å²) in [6.07, 6.45) is 1.44. The first-order valence-electron chi connectivity index (χ1n) is 8.47. The summed E-state index contributed by atoms with van der Waals surface area (Å²) < 4.78 is 10.6. The molecule has 0 unspecified atom stereocenters. The second-order valence-corrected chi connectivity index (χ2v) is 5.76. The second kappa shape index (κ2) is 10.7. The topological polar surface area (TPSA) is 89.0 Å². The lowest BCUT2D eigenvalue weighted by Gasteiger charge is -2.09. The quantitative estimate of drug-likeness (QED) is 0.321. The average Bonchev–Trinajstić information content (AvgIpc) is 2.68. The monoisotopic (exact) mass is 369 g/mol. The number of hydrazone groups is 1. The van der Waals surface area contributed by atoms with E-state index in [1.807, 2.05) is 49.4 Å². The second-order valence-electron chi connectivity index (χ2n) is 5.76. The zero-order chi connectivity index (χ0) is 19.5. The Kier molecular flexibility index (Phi) is 7.99. The molecule has 0 aliphatic heterocycles. The van der Waals surface area contributed by atoms with Crippen LogP contribution in [-0.4, -0.2) is 38.3 Å². The van der Waals surface area contributed by atoms with Crippen LogP contribution in [0.15, 0.2) is 53.6 Å². The van der Waals surface area contributed by atoms with E-state index in [0.29, 0.717) is 24.5 Å². The maximum atomic E-state index is 11.6. The van der Waals surface area contributed by atoms with Crippen molar-refractivity contribution in [1.82, 2.24) is 10.7 Å². The third kappa shape index (κ3) is 6.91. The van der Waals surface area contributed by atoms with Crippen LogP contribution in [0.2, 0.25) is 0 Å². The highest BCUT2D eigenvalue weighted by atomic mass is 16.5. The molecule has 2 aromatic carbocycles. The molecular weight excluding hydrogens is 346 g/mol. The molecule has 0 saturated heterocycles. The SMILES string of the molecule is COCCNC(=O)C(=O)N/N=C\c1ccccc1OCc1ccc(C)cc1. The van der Waals surface area contributed by atoms with Crippen LogP contribution < -0.4 is 15.5 Å². The van der Waals surface area contributed by atoms with Crippen molar-refractivity contribution < 1.29 is 19.1 Å². The highest BCUT2D eigenvalue weighted by Gasteiger charge is 2.11. The summed E-state index contributed by atoms with van der Waals surface area (Å²) in [5, 5.41) is 6.23. The van der Waals surface area contributed by atoms with Gasteiger partial charge in [0.2, 0.25) is 0 Å². The smallest absolute Gasteiger partial charge is 0.329 e. The number of carbonyl (C=O) groups is 2. The molecule has 0 aliphatic rings. The van der Waals surface area contributed by atoms with E-state index >= 15 is 0 Å². The number of ether oxygens (including phenoxy) is 2. The van der Waals surface area contributed by atoms with Crippen LogP contribution in [0.25, 0.3) is 0 Å². The molecule has 0 bridgehead atoms. The predicted molar refractivity (Wildman–Crippen MR) is 103 cm³/mol. The van der Waals surface area contributed by atoms with Gasteiger partial charge in [-0.3, -0.25) is 9.59 Å². The van der Waals surface area contributed by atoms with Gasteiger partial charge in [-0.25, -0.2) is 5.43 Å². The van der Waals surface area contributed by atoms with Crippen LogP contribution in [0.4, 0.5) is 0 Å². The molecule has 0 atom stereocenters. The molecular formula is C20H23N3O4. The summed E-state index contributed by atoms with van der Waals surface area (Å²) in [6, 6.07) is 15.4. The fourth-order valence-corrected chi connectivity index (χ4v) is 2.12. The van der Waals surface area contributed by atoms with Crippen molar-refractivity contribution in [2.75, 3.05) is 20.3 Å². The Morgan fingerprint density at radius 3 is 2.56 bits per heavy atom. The zero-order valence-corrected chi connectivity index (χ0v) is 15.4. The number of amides is 2. The van der Waals surface area contributed by atoms with E-state index in [0.717, 1.165) is 5.56 Å². The number of nitrogens with one attached hydrogen (secondary N) is 2. The highest BCUT2D eigenvalue weighted by Crippen LogP contribution is 2.17. The Balaban J connectivity index is 1.90. The number of benzene rings is 2. The average molecular weight is 369 g/mol. The van der Waals surface area contributed by atoms with Crippen LogP contribution in [0.1, 0.15) is 16.7 Å². The Morgan fingerprint density at radius 1 is 1.07 bits per heavy atom. The fraction of sp³-hybridized carbons (Fsp3) is 0.250. The lowest BCUT2D eigenvalue weighted by Crippen LogP contribution is -2.39. The molecule has 2 rings (SSSR count). The van der Waals surface area contributed by atoms with Crippen molar-refractivity contribution in [2.24, 2.45) is 5.10 Å². The maximum absolute atomic E-state index is 11.6. The van der Waals surface area contributed by atoms with Crippen molar-refractivity contribution in [1.29, 1.82) is 0 Å². The molecule has 2 amide bonds. The van der Waals surface area contributed by atoms with Crippen LogP contribution in [0.5, 0.6) is 5.75 Å². The third-order valence-electron chi connectivity index (χ3n) is 3.60. The number of para-hydroxylation sites is 1. The molecule has 142 valence electrons. The lowest BCUT2D eigenvalue weighted by atomic mass is 10.1. The summed E-state index contributed by atoms with van der Waals surface area (Å²) in [5.41, 5.74) is 5.11. The van der Waals surface area contributed by atoms with Crippen molar-refractivity contribution in [3.63, 3.8) is 0 Å². The van der Waals surface area contributed by atoms with Gasteiger partial charge in [0, 0.05) is 19.2 Å². The predicted octanol–water partition coefficient (Wildman–Crippen LogP) is 1.79. The number of carbonyl (C=O) groups excluding carboxylic acids is 2. The molecule has 7 heteroatoms. The Hall–Kier alpha value is -3.19. The van der Waals surface area contributed by atoms with E-state index in [1.54, 1.807) is 6.07 Å². The van der Waals surface area contributed by atoms with Gasteiger partial charge in [-0.05, 0) is 24.6 Å². The Labute approximate surface area is 158 Å². The standard InChI is InChI=1S/C20H23N3O4/c1-15-7-9-16(10-8-15)14-27-18-6-4-3-5-17(18)13-22-23-20(25)19(24)21-11-12-26-2/h3-10,13H,11-12,14H2,1-2H3,(H,21,24)(H,23,25)/b22-13-. The van der Waals surface area contributed by atoms with Gasteiger partial charge in [0.1, 0.15) is 12.4 Å². The largest absolute Gasteiger partial charge is 0.488 e. The van der Waals surface area contributed by atoms with Gasteiger partial charge in [-0.2, -0.15) is 5.10 Å². The van der Waals surface area contributed by atoms with Crippen molar-refractivity contribution in [3.05, 3.63) is 65.2 Å². The number of aryl methyl sites for hydroxylation is 1. The third-order valence-corrected chi connectivity index (χ3v) is 3.60. The summed E-state index contributed by atoms with van der Waals surface area (Å²) in [4.78, 5) is 23.2. The molecule has 7 nitrogen and oxygen atoms in total. The normalized spacial score (nSPS) is 10.6. The van der Waals surface area contributed by atoms with Crippen molar-refractivity contribution in [3.8, 4) is 5.75 Å². The molecule has 0 heterocycles. The zero-order valence-electron chi connectivity index (χ0n) is 15.4. The van der Waals surface area contributed by atoms with E-state index in [9.17, 15) is 9.59 Å². The van der Waals surface area contributed by atoms with E-state index in [-0.39, 0.29) is 6.54 Å². The molecule has 2 aromatic rings. The van der Waals surface area contributed by atoms with E-state index in [1.165, 1.54) is 18.9 Å².